The predicted molar refractivity (Wildman–Crippen MR) is 78.7 cm³/mol. The number of likely N-dealkylation sites (N-methyl/N-ethyl adjacent to an activating group) is 2. The third kappa shape index (κ3) is 2.90. The number of hydrogen-bond acceptors (Lipinski definition) is 3. The summed E-state index contributed by atoms with van der Waals surface area (Å²) in [6.45, 7) is 1.39. The molecule has 6 heteroatoms. The maximum Gasteiger partial charge on any atom is 0.256 e. The lowest BCUT2D eigenvalue weighted by molar-refractivity contribution is 0.0777. The minimum atomic E-state index is -0.515. The van der Waals surface area contributed by atoms with E-state index in [0.29, 0.717) is 23.6 Å². The summed E-state index contributed by atoms with van der Waals surface area (Å²) in [7, 11) is 3.77. The summed E-state index contributed by atoms with van der Waals surface area (Å²) in [5, 5.41) is 0. The zero-order valence-corrected chi connectivity index (χ0v) is 12.3. The lowest BCUT2D eigenvalue weighted by Crippen LogP contribution is -2.35. The van der Waals surface area contributed by atoms with Gasteiger partial charge in [0, 0.05) is 32.2 Å². The highest BCUT2D eigenvalue weighted by Crippen LogP contribution is 2.25. The molecule has 1 aliphatic rings. The molecule has 2 aromatic rings. The number of rotatable bonds is 5. The Bertz CT molecular complexity index is 665. The molecule has 1 N–H and O–H groups in total. The minimum absolute atomic E-state index is 0.0752. The molecular weight excluding hydrogens is 271 g/mol. The average Bonchev–Trinajstić information content (AvgIpc) is 3.22. The molecule has 0 unspecified atom stereocenters. The normalized spacial score (nSPS) is 14.9. The fourth-order valence-corrected chi connectivity index (χ4v) is 2.43. The molecule has 112 valence electrons. The number of hydrogen-bond donors (Lipinski definition) is 1. The van der Waals surface area contributed by atoms with Crippen LogP contribution in [0.3, 0.4) is 0 Å². The number of aromatic amines is 1. The van der Waals surface area contributed by atoms with Gasteiger partial charge in [-0.05, 0) is 26.0 Å². The number of H-pyrrole nitrogens is 1. The number of nitrogens with zero attached hydrogens (tertiary/aromatic N) is 3. The molecule has 1 heterocycles. The standard InChI is InChI=1S/C15H19FN4O/c1-19(10-3-4-10)5-6-20(2)15(21)11-7-13-14(8-12(11)16)18-9-17-13/h7-10H,3-6H2,1-2H3,(H,17,18). The molecule has 1 saturated carbocycles. The van der Waals surface area contributed by atoms with Gasteiger partial charge < -0.3 is 14.8 Å². The lowest BCUT2D eigenvalue weighted by Gasteiger charge is -2.22. The first-order valence-electron chi connectivity index (χ1n) is 7.14. The Morgan fingerprint density at radius 2 is 2.14 bits per heavy atom. The minimum Gasteiger partial charge on any atom is -0.345 e. The SMILES string of the molecule is CN(CCN(C)C1CC1)C(=O)c1cc2nc[nH]c2cc1F. The van der Waals surface area contributed by atoms with Crippen LogP contribution in [0.4, 0.5) is 4.39 Å². The van der Waals surface area contributed by atoms with Gasteiger partial charge in [-0.15, -0.1) is 0 Å². The van der Waals surface area contributed by atoms with Crippen LogP contribution in [0.5, 0.6) is 0 Å². The number of nitrogens with one attached hydrogen (secondary N) is 1. The number of carbonyl (C=O) groups excluding carboxylic acids is 1. The molecule has 0 bridgehead atoms. The number of aromatic nitrogens is 2. The maximum atomic E-state index is 14.0. The Labute approximate surface area is 122 Å². The molecule has 1 aromatic heterocycles. The molecule has 1 aromatic carbocycles. The summed E-state index contributed by atoms with van der Waals surface area (Å²) in [6.07, 6.45) is 3.96. The predicted octanol–water partition coefficient (Wildman–Crippen LogP) is 1.87. The van der Waals surface area contributed by atoms with E-state index in [0.717, 1.165) is 6.54 Å². The van der Waals surface area contributed by atoms with Crippen LogP contribution in [0.2, 0.25) is 0 Å². The zero-order chi connectivity index (χ0) is 15.0. The Balaban J connectivity index is 1.70. The molecule has 0 saturated heterocycles. The molecule has 5 nitrogen and oxygen atoms in total. The van der Waals surface area contributed by atoms with E-state index < -0.39 is 5.82 Å². The molecule has 1 aliphatic carbocycles. The fraction of sp³-hybridized carbons (Fsp3) is 0.467. The topological polar surface area (TPSA) is 52.2 Å². The Morgan fingerprint density at radius 1 is 1.38 bits per heavy atom. The van der Waals surface area contributed by atoms with Crippen molar-refractivity contribution < 1.29 is 9.18 Å². The van der Waals surface area contributed by atoms with Crippen molar-refractivity contribution in [2.75, 3.05) is 27.2 Å². The Hall–Kier alpha value is -1.95. The largest absolute Gasteiger partial charge is 0.345 e. The number of carbonyl (C=O) groups is 1. The van der Waals surface area contributed by atoms with Gasteiger partial charge in [0.1, 0.15) is 5.82 Å². The summed E-state index contributed by atoms with van der Waals surface area (Å²) in [5.74, 6) is -0.819. The van der Waals surface area contributed by atoms with Crippen molar-refractivity contribution >= 4 is 16.9 Å². The smallest absolute Gasteiger partial charge is 0.256 e. The van der Waals surface area contributed by atoms with Gasteiger partial charge in [-0.3, -0.25) is 4.79 Å². The van der Waals surface area contributed by atoms with Gasteiger partial charge in [-0.1, -0.05) is 0 Å². The van der Waals surface area contributed by atoms with Crippen LogP contribution in [0.15, 0.2) is 18.5 Å². The van der Waals surface area contributed by atoms with Crippen LogP contribution in [0.25, 0.3) is 11.0 Å². The van der Waals surface area contributed by atoms with Crippen molar-refractivity contribution in [1.82, 2.24) is 19.8 Å². The van der Waals surface area contributed by atoms with Gasteiger partial charge >= 0.3 is 0 Å². The third-order valence-electron chi connectivity index (χ3n) is 4.04. The molecule has 1 fully saturated rings. The van der Waals surface area contributed by atoms with E-state index in [9.17, 15) is 9.18 Å². The van der Waals surface area contributed by atoms with E-state index in [4.69, 9.17) is 0 Å². The molecular formula is C15H19FN4O. The van der Waals surface area contributed by atoms with Crippen LogP contribution in [-0.4, -0.2) is 58.9 Å². The number of imidazole rings is 1. The number of benzene rings is 1. The highest BCUT2D eigenvalue weighted by molar-refractivity contribution is 5.97. The maximum absolute atomic E-state index is 14.0. The summed E-state index contributed by atoms with van der Waals surface area (Å²) in [4.78, 5) is 23.1. The van der Waals surface area contributed by atoms with Crippen LogP contribution in [-0.2, 0) is 0 Å². The molecule has 1 amide bonds. The van der Waals surface area contributed by atoms with Crippen LogP contribution in [0, 0.1) is 5.82 Å². The first-order valence-corrected chi connectivity index (χ1v) is 7.14. The van der Waals surface area contributed by atoms with Gasteiger partial charge in [0.15, 0.2) is 0 Å². The molecule has 0 atom stereocenters. The van der Waals surface area contributed by atoms with Crippen LogP contribution >= 0.6 is 0 Å². The molecule has 0 spiro atoms. The second-order valence-electron chi connectivity index (χ2n) is 5.69. The van der Waals surface area contributed by atoms with Crippen molar-refractivity contribution in [2.45, 2.75) is 18.9 Å². The average molecular weight is 290 g/mol. The number of halogens is 1. The lowest BCUT2D eigenvalue weighted by atomic mass is 10.1. The van der Waals surface area contributed by atoms with Crippen molar-refractivity contribution in [3.63, 3.8) is 0 Å². The first kappa shape index (κ1) is 14.0. The summed E-state index contributed by atoms with van der Waals surface area (Å²) >= 11 is 0. The monoisotopic (exact) mass is 290 g/mol. The van der Waals surface area contributed by atoms with Gasteiger partial charge in [-0.25, -0.2) is 9.37 Å². The van der Waals surface area contributed by atoms with E-state index >= 15 is 0 Å². The molecule has 0 aliphatic heterocycles. The van der Waals surface area contributed by atoms with E-state index in [1.807, 2.05) is 0 Å². The van der Waals surface area contributed by atoms with Gasteiger partial charge in [0.25, 0.3) is 5.91 Å². The van der Waals surface area contributed by atoms with Crippen LogP contribution < -0.4 is 0 Å². The van der Waals surface area contributed by atoms with Crippen molar-refractivity contribution in [3.8, 4) is 0 Å². The molecule has 3 rings (SSSR count). The first-order chi connectivity index (χ1) is 10.1. The Morgan fingerprint density at radius 3 is 2.86 bits per heavy atom. The van der Waals surface area contributed by atoms with E-state index in [2.05, 4.69) is 21.9 Å². The van der Waals surface area contributed by atoms with Crippen molar-refractivity contribution in [3.05, 3.63) is 29.8 Å². The van der Waals surface area contributed by atoms with Crippen molar-refractivity contribution in [2.24, 2.45) is 0 Å². The third-order valence-corrected chi connectivity index (χ3v) is 4.04. The molecule has 0 radical (unpaired) electrons. The second-order valence-corrected chi connectivity index (χ2v) is 5.69. The fourth-order valence-electron chi connectivity index (χ4n) is 2.43. The van der Waals surface area contributed by atoms with E-state index in [-0.39, 0.29) is 11.5 Å². The van der Waals surface area contributed by atoms with Crippen molar-refractivity contribution in [1.29, 1.82) is 0 Å². The van der Waals surface area contributed by atoms with E-state index in [1.54, 1.807) is 11.9 Å². The number of fused-ring (bicyclic) bond motifs is 1. The number of amides is 1. The zero-order valence-electron chi connectivity index (χ0n) is 12.3. The summed E-state index contributed by atoms with van der Waals surface area (Å²) in [6, 6.07) is 3.48. The van der Waals surface area contributed by atoms with Crippen LogP contribution in [0.1, 0.15) is 23.2 Å². The highest BCUT2D eigenvalue weighted by atomic mass is 19.1. The summed E-state index contributed by atoms with van der Waals surface area (Å²) < 4.78 is 14.0. The molecule has 21 heavy (non-hydrogen) atoms. The summed E-state index contributed by atoms with van der Waals surface area (Å²) in [5.41, 5.74) is 1.27. The van der Waals surface area contributed by atoms with Gasteiger partial charge in [-0.2, -0.15) is 0 Å². The van der Waals surface area contributed by atoms with Gasteiger partial charge in [0.05, 0.1) is 22.9 Å². The quantitative estimate of drug-likeness (QED) is 0.914. The van der Waals surface area contributed by atoms with Gasteiger partial charge in [0.2, 0.25) is 0 Å². The highest BCUT2D eigenvalue weighted by Gasteiger charge is 2.26. The van der Waals surface area contributed by atoms with E-state index in [1.165, 1.54) is 31.3 Å². The second kappa shape index (κ2) is 5.44. The Kier molecular flexibility index (Phi) is 3.63.